The quantitative estimate of drug-likeness (QED) is 0.872. The van der Waals surface area contributed by atoms with E-state index in [2.05, 4.69) is 5.32 Å². The molecule has 0 bridgehead atoms. The number of hydrogen-bond donors (Lipinski definition) is 2. The Kier molecular flexibility index (Phi) is 6.16. The molecule has 112 valence electrons. The van der Waals surface area contributed by atoms with Crippen molar-refractivity contribution in [2.45, 2.75) is 18.6 Å². The van der Waals surface area contributed by atoms with E-state index in [1.54, 1.807) is 0 Å². The SMILES string of the molecule is CSCC[C@H](N)C(=O)Nc1c(Cl)cccc1C(F)(F)F. The van der Waals surface area contributed by atoms with E-state index in [4.69, 9.17) is 17.3 Å². The zero-order valence-electron chi connectivity index (χ0n) is 10.6. The molecule has 3 N–H and O–H groups in total. The average Bonchev–Trinajstić information content (AvgIpc) is 2.36. The van der Waals surface area contributed by atoms with Crippen molar-refractivity contribution in [1.29, 1.82) is 0 Å². The van der Waals surface area contributed by atoms with Gasteiger partial charge in [0.25, 0.3) is 0 Å². The number of halogens is 4. The number of carbonyl (C=O) groups is 1. The van der Waals surface area contributed by atoms with E-state index in [1.807, 2.05) is 6.26 Å². The number of anilines is 1. The van der Waals surface area contributed by atoms with Gasteiger partial charge in [0.15, 0.2) is 0 Å². The van der Waals surface area contributed by atoms with Gasteiger partial charge in [-0.15, -0.1) is 0 Å². The van der Waals surface area contributed by atoms with Gasteiger partial charge in [-0.05, 0) is 30.6 Å². The van der Waals surface area contributed by atoms with E-state index in [-0.39, 0.29) is 5.02 Å². The van der Waals surface area contributed by atoms with Gasteiger partial charge < -0.3 is 11.1 Å². The molecular formula is C12H14ClF3N2OS. The number of benzene rings is 1. The zero-order valence-corrected chi connectivity index (χ0v) is 12.2. The van der Waals surface area contributed by atoms with Crippen LogP contribution in [0.3, 0.4) is 0 Å². The Hall–Kier alpha value is -0.920. The van der Waals surface area contributed by atoms with Crippen LogP contribution < -0.4 is 11.1 Å². The third kappa shape index (κ3) is 4.57. The van der Waals surface area contributed by atoms with Gasteiger partial charge >= 0.3 is 6.18 Å². The molecule has 0 saturated carbocycles. The highest BCUT2D eigenvalue weighted by atomic mass is 35.5. The molecule has 0 aliphatic heterocycles. The average molecular weight is 327 g/mol. The second-order valence-corrected chi connectivity index (χ2v) is 5.43. The van der Waals surface area contributed by atoms with Crippen LogP contribution in [0, 0.1) is 0 Å². The highest BCUT2D eigenvalue weighted by Crippen LogP contribution is 2.38. The minimum atomic E-state index is -4.60. The summed E-state index contributed by atoms with van der Waals surface area (Å²) in [7, 11) is 0. The molecule has 0 aliphatic carbocycles. The maximum absolute atomic E-state index is 12.8. The lowest BCUT2D eigenvalue weighted by Crippen LogP contribution is -2.36. The number of carbonyl (C=O) groups excluding carboxylic acids is 1. The zero-order chi connectivity index (χ0) is 15.3. The Labute approximate surface area is 124 Å². The predicted octanol–water partition coefficient (Wildman–Crippen LogP) is 3.38. The highest BCUT2D eigenvalue weighted by molar-refractivity contribution is 7.98. The van der Waals surface area contributed by atoms with Gasteiger partial charge in [0.2, 0.25) is 5.91 Å². The molecule has 1 amide bonds. The number of amides is 1. The van der Waals surface area contributed by atoms with Crippen molar-refractivity contribution in [3.63, 3.8) is 0 Å². The number of nitrogens with two attached hydrogens (primary N) is 1. The molecule has 0 unspecified atom stereocenters. The first-order valence-electron chi connectivity index (χ1n) is 5.68. The molecule has 8 heteroatoms. The second-order valence-electron chi connectivity index (χ2n) is 4.04. The Bertz CT molecular complexity index is 482. The van der Waals surface area contributed by atoms with Crippen molar-refractivity contribution in [2.24, 2.45) is 5.73 Å². The van der Waals surface area contributed by atoms with Crippen LogP contribution in [0.25, 0.3) is 0 Å². The maximum atomic E-state index is 12.8. The normalized spacial score (nSPS) is 13.1. The Balaban J connectivity index is 2.94. The maximum Gasteiger partial charge on any atom is 0.418 e. The minimum Gasteiger partial charge on any atom is -0.323 e. The van der Waals surface area contributed by atoms with E-state index in [0.29, 0.717) is 12.2 Å². The third-order valence-electron chi connectivity index (χ3n) is 2.54. The lowest BCUT2D eigenvalue weighted by molar-refractivity contribution is -0.137. The largest absolute Gasteiger partial charge is 0.418 e. The lowest BCUT2D eigenvalue weighted by atomic mass is 10.1. The standard InChI is InChI=1S/C12H14ClF3N2OS/c1-20-6-5-9(17)11(19)18-10-7(12(14,15)16)3-2-4-8(10)13/h2-4,9H,5-6,17H2,1H3,(H,18,19)/t9-/m0/s1. The molecule has 0 aromatic heterocycles. The van der Waals surface area contributed by atoms with Gasteiger partial charge in [0.1, 0.15) is 0 Å². The summed E-state index contributed by atoms with van der Waals surface area (Å²) in [6.07, 6.45) is -2.38. The summed E-state index contributed by atoms with van der Waals surface area (Å²) in [5.74, 6) is -0.0406. The van der Waals surface area contributed by atoms with E-state index in [1.165, 1.54) is 23.9 Å². The van der Waals surface area contributed by atoms with E-state index in [9.17, 15) is 18.0 Å². The summed E-state index contributed by atoms with van der Waals surface area (Å²) in [5, 5.41) is 1.99. The molecule has 3 nitrogen and oxygen atoms in total. The predicted molar refractivity (Wildman–Crippen MR) is 76.1 cm³/mol. The van der Waals surface area contributed by atoms with Crippen molar-refractivity contribution in [3.05, 3.63) is 28.8 Å². The molecule has 0 aliphatic rings. The summed E-state index contributed by atoms with van der Waals surface area (Å²) >= 11 is 7.23. The van der Waals surface area contributed by atoms with Crippen LogP contribution >= 0.6 is 23.4 Å². The molecule has 0 heterocycles. The van der Waals surface area contributed by atoms with Crippen molar-refractivity contribution in [1.82, 2.24) is 0 Å². The topological polar surface area (TPSA) is 55.1 Å². The summed E-state index contributed by atoms with van der Waals surface area (Å²) < 4.78 is 38.5. The van der Waals surface area contributed by atoms with Gasteiger partial charge in [-0.3, -0.25) is 4.79 Å². The fourth-order valence-corrected chi connectivity index (χ4v) is 2.19. The van der Waals surface area contributed by atoms with Gasteiger partial charge in [-0.1, -0.05) is 17.7 Å². The minimum absolute atomic E-state index is 0.176. The van der Waals surface area contributed by atoms with Crippen LogP contribution in [-0.2, 0) is 11.0 Å². The molecule has 20 heavy (non-hydrogen) atoms. The Morgan fingerprint density at radius 2 is 2.15 bits per heavy atom. The van der Waals surface area contributed by atoms with Crippen LogP contribution in [0.2, 0.25) is 5.02 Å². The molecule has 0 radical (unpaired) electrons. The summed E-state index contributed by atoms with van der Waals surface area (Å²) in [6, 6.07) is 2.43. The Morgan fingerprint density at radius 3 is 2.70 bits per heavy atom. The molecular weight excluding hydrogens is 313 g/mol. The number of alkyl halides is 3. The molecule has 0 spiro atoms. The first-order valence-corrected chi connectivity index (χ1v) is 7.45. The van der Waals surface area contributed by atoms with Crippen molar-refractivity contribution in [3.8, 4) is 0 Å². The van der Waals surface area contributed by atoms with Crippen LogP contribution in [0.1, 0.15) is 12.0 Å². The van der Waals surface area contributed by atoms with Crippen molar-refractivity contribution >= 4 is 35.0 Å². The second kappa shape index (κ2) is 7.19. The third-order valence-corrected chi connectivity index (χ3v) is 3.50. The monoisotopic (exact) mass is 326 g/mol. The van der Waals surface area contributed by atoms with E-state index in [0.717, 1.165) is 6.07 Å². The summed E-state index contributed by atoms with van der Waals surface area (Å²) in [6.45, 7) is 0. The first-order chi connectivity index (χ1) is 9.27. The van der Waals surface area contributed by atoms with Crippen molar-refractivity contribution in [2.75, 3.05) is 17.3 Å². The molecule has 0 saturated heterocycles. The highest BCUT2D eigenvalue weighted by Gasteiger charge is 2.35. The molecule has 1 aromatic carbocycles. The Morgan fingerprint density at radius 1 is 1.50 bits per heavy atom. The number of nitrogens with one attached hydrogen (secondary N) is 1. The van der Waals surface area contributed by atoms with Crippen LogP contribution in [0.4, 0.5) is 18.9 Å². The molecule has 1 rings (SSSR count). The lowest BCUT2D eigenvalue weighted by Gasteiger charge is -2.17. The van der Waals surface area contributed by atoms with Crippen LogP contribution in [0.5, 0.6) is 0 Å². The fourth-order valence-electron chi connectivity index (χ4n) is 1.48. The van der Waals surface area contributed by atoms with Gasteiger partial charge in [-0.2, -0.15) is 24.9 Å². The van der Waals surface area contributed by atoms with Gasteiger partial charge in [0.05, 0.1) is 22.3 Å². The summed E-state index contributed by atoms with van der Waals surface area (Å²) in [5.41, 5.74) is 4.17. The number of para-hydroxylation sites is 1. The number of thioether (sulfide) groups is 1. The molecule has 0 fully saturated rings. The molecule has 1 aromatic rings. The van der Waals surface area contributed by atoms with Crippen LogP contribution in [0.15, 0.2) is 18.2 Å². The fraction of sp³-hybridized carbons (Fsp3) is 0.417. The summed E-state index contributed by atoms with van der Waals surface area (Å²) in [4.78, 5) is 11.8. The number of hydrogen-bond acceptors (Lipinski definition) is 3. The van der Waals surface area contributed by atoms with E-state index < -0.39 is 29.4 Å². The van der Waals surface area contributed by atoms with Gasteiger partial charge in [0, 0.05) is 0 Å². The smallest absolute Gasteiger partial charge is 0.323 e. The van der Waals surface area contributed by atoms with Gasteiger partial charge in [-0.25, -0.2) is 0 Å². The number of rotatable bonds is 5. The van der Waals surface area contributed by atoms with Crippen LogP contribution in [-0.4, -0.2) is 24.0 Å². The first kappa shape index (κ1) is 17.1. The molecule has 1 atom stereocenters. The van der Waals surface area contributed by atoms with E-state index >= 15 is 0 Å². The van der Waals surface area contributed by atoms with Crippen molar-refractivity contribution < 1.29 is 18.0 Å².